The lowest BCUT2D eigenvalue weighted by Gasteiger charge is -2.37. The fourth-order valence-electron chi connectivity index (χ4n) is 7.18. The van der Waals surface area contributed by atoms with Crippen LogP contribution in [0.2, 0.25) is 0 Å². The number of benzene rings is 3. The van der Waals surface area contributed by atoms with Crippen molar-refractivity contribution in [3.8, 4) is 17.2 Å². The van der Waals surface area contributed by atoms with Crippen molar-refractivity contribution in [2.24, 2.45) is 0 Å². The highest BCUT2D eigenvalue weighted by molar-refractivity contribution is 6.08. The van der Waals surface area contributed by atoms with E-state index >= 15 is 0 Å². The third-order valence-electron chi connectivity index (χ3n) is 9.54. The molecule has 2 fully saturated rings. The van der Waals surface area contributed by atoms with E-state index in [0.717, 1.165) is 73.3 Å². The van der Waals surface area contributed by atoms with Gasteiger partial charge < -0.3 is 19.8 Å². The monoisotopic (exact) mass is 571 g/mol. The molecule has 0 bridgehead atoms. The Morgan fingerprint density at radius 2 is 1.67 bits per heavy atom. The number of fused-ring (bicyclic) bond motifs is 2. The average Bonchev–Trinajstić information content (AvgIpc) is 3.76. The Kier molecular flexibility index (Phi) is 7.56. The number of amides is 1. The lowest BCUT2D eigenvalue weighted by atomic mass is 9.94. The van der Waals surface area contributed by atoms with Crippen molar-refractivity contribution in [3.05, 3.63) is 95.1 Å². The minimum atomic E-state index is -0.115. The number of hydrogen-bond donors (Lipinski definition) is 1. The fraction of sp³-hybridized carbons (Fsp3) is 0.361. The molecule has 2 atom stereocenters. The Balaban J connectivity index is 1.31. The highest BCUT2D eigenvalue weighted by Gasteiger charge is 2.34. The van der Waals surface area contributed by atoms with Crippen LogP contribution in [0, 0.1) is 11.3 Å². The number of aliphatic hydroxyl groups is 1. The lowest BCUT2D eigenvalue weighted by molar-refractivity contribution is 0.0710. The van der Waals surface area contributed by atoms with Gasteiger partial charge in [0.15, 0.2) is 0 Å². The van der Waals surface area contributed by atoms with Crippen LogP contribution < -0.4 is 4.90 Å². The maximum Gasteiger partial charge on any atom is 0.254 e. The third-order valence-corrected chi connectivity index (χ3v) is 9.54. The predicted molar refractivity (Wildman–Crippen MR) is 169 cm³/mol. The van der Waals surface area contributed by atoms with Crippen LogP contribution >= 0.6 is 0 Å². The molecule has 7 nitrogen and oxygen atoms in total. The molecule has 0 unspecified atom stereocenters. The highest BCUT2D eigenvalue weighted by atomic mass is 16.3. The zero-order chi connectivity index (χ0) is 29.3. The summed E-state index contributed by atoms with van der Waals surface area (Å²) in [6, 6.07) is 26.3. The summed E-state index contributed by atoms with van der Waals surface area (Å²) < 4.78 is 0. The van der Waals surface area contributed by atoms with Crippen LogP contribution in [0.4, 0.5) is 5.82 Å². The van der Waals surface area contributed by atoms with Crippen LogP contribution in [0.5, 0.6) is 0 Å². The van der Waals surface area contributed by atoms with Crippen molar-refractivity contribution in [2.75, 3.05) is 37.7 Å². The molecule has 1 aromatic heterocycles. The van der Waals surface area contributed by atoms with Crippen LogP contribution in [0.3, 0.4) is 0 Å². The molecule has 0 radical (unpaired) electrons. The Hall–Kier alpha value is -4.25. The first-order valence-corrected chi connectivity index (χ1v) is 15.5. The highest BCUT2D eigenvalue weighted by Crippen LogP contribution is 2.34. The fourth-order valence-corrected chi connectivity index (χ4v) is 7.18. The molecule has 4 heterocycles. The average molecular weight is 572 g/mol. The smallest absolute Gasteiger partial charge is 0.254 e. The van der Waals surface area contributed by atoms with Gasteiger partial charge in [0.05, 0.1) is 35.4 Å². The minimum absolute atomic E-state index is 0.0129. The summed E-state index contributed by atoms with van der Waals surface area (Å²) in [6.45, 7) is 4.59. The van der Waals surface area contributed by atoms with E-state index in [4.69, 9.17) is 4.98 Å². The van der Waals surface area contributed by atoms with E-state index < -0.39 is 0 Å². The quantitative estimate of drug-likeness (QED) is 0.334. The first-order chi connectivity index (χ1) is 21.1. The van der Waals surface area contributed by atoms with Gasteiger partial charge in [0.25, 0.3) is 5.91 Å². The second kappa shape index (κ2) is 11.8. The number of likely N-dealkylation sites (tertiary alicyclic amines) is 2. The molecule has 4 aromatic rings. The van der Waals surface area contributed by atoms with Gasteiger partial charge in [-0.1, -0.05) is 42.5 Å². The number of carbonyl (C=O) groups excluding carboxylic acids is 1. The van der Waals surface area contributed by atoms with E-state index in [0.29, 0.717) is 17.7 Å². The number of anilines is 1. The normalized spacial score (nSPS) is 20.4. The number of hydrogen-bond acceptors (Lipinski definition) is 6. The second-order valence-electron chi connectivity index (χ2n) is 12.2. The summed E-state index contributed by atoms with van der Waals surface area (Å²) in [5.74, 6) is 0.788. The van der Waals surface area contributed by atoms with Crippen molar-refractivity contribution >= 4 is 22.6 Å². The Bertz CT molecular complexity index is 1690. The van der Waals surface area contributed by atoms with Crippen molar-refractivity contribution in [1.82, 2.24) is 14.8 Å². The second-order valence-corrected chi connectivity index (χ2v) is 12.2. The first-order valence-electron chi connectivity index (χ1n) is 15.5. The standard InChI is InChI=1S/C36H37N5O2/c37-21-25-9-11-26(12-10-25)28-13-14-34-32(19-28)33(36(43)40-17-5-8-30(40)23-39-15-3-4-16-39)20-35(38-34)41-22-29-7-2-1-6-27(29)18-31(41)24-42/h1-2,6-7,9-14,19-20,30-31,42H,3-5,8,15-18,22-24H2/t30-,31-/m0/s1. The van der Waals surface area contributed by atoms with Crippen molar-refractivity contribution < 1.29 is 9.90 Å². The van der Waals surface area contributed by atoms with Gasteiger partial charge in [-0.2, -0.15) is 5.26 Å². The minimum Gasteiger partial charge on any atom is -0.394 e. The zero-order valence-electron chi connectivity index (χ0n) is 24.5. The van der Waals surface area contributed by atoms with E-state index in [1.54, 1.807) is 0 Å². The molecular weight excluding hydrogens is 534 g/mol. The lowest BCUT2D eigenvalue weighted by Crippen LogP contribution is -2.44. The summed E-state index contributed by atoms with van der Waals surface area (Å²) in [6.07, 6.45) is 5.26. The Morgan fingerprint density at radius 1 is 0.907 bits per heavy atom. The molecule has 43 heavy (non-hydrogen) atoms. The van der Waals surface area contributed by atoms with Crippen LogP contribution in [-0.4, -0.2) is 70.7 Å². The van der Waals surface area contributed by atoms with Gasteiger partial charge in [0.1, 0.15) is 5.82 Å². The van der Waals surface area contributed by atoms with E-state index in [-0.39, 0.29) is 24.6 Å². The maximum absolute atomic E-state index is 14.5. The van der Waals surface area contributed by atoms with Gasteiger partial charge in [-0.25, -0.2) is 4.98 Å². The van der Waals surface area contributed by atoms with E-state index in [1.165, 1.54) is 24.0 Å². The molecule has 2 saturated heterocycles. The first kappa shape index (κ1) is 27.6. The summed E-state index contributed by atoms with van der Waals surface area (Å²) in [4.78, 5) is 26.4. The molecule has 1 amide bonds. The molecule has 7 rings (SSSR count). The molecular formula is C36H37N5O2. The summed E-state index contributed by atoms with van der Waals surface area (Å²) in [7, 11) is 0. The van der Waals surface area contributed by atoms with Crippen LogP contribution in [0.15, 0.2) is 72.8 Å². The molecule has 3 aromatic carbocycles. The topological polar surface area (TPSA) is 83.7 Å². The zero-order valence-corrected chi connectivity index (χ0v) is 24.5. The Labute approximate surface area is 253 Å². The number of nitrogens with zero attached hydrogens (tertiary/aromatic N) is 5. The van der Waals surface area contributed by atoms with Crippen LogP contribution in [-0.2, 0) is 13.0 Å². The maximum atomic E-state index is 14.5. The number of aliphatic hydroxyl groups excluding tert-OH is 1. The number of rotatable bonds is 6. The van der Waals surface area contributed by atoms with Gasteiger partial charge in [0, 0.05) is 31.1 Å². The number of carbonyl (C=O) groups is 1. The van der Waals surface area contributed by atoms with E-state index in [2.05, 4.69) is 45.0 Å². The molecule has 218 valence electrons. The third kappa shape index (κ3) is 5.37. The molecule has 0 aliphatic carbocycles. The van der Waals surface area contributed by atoms with Gasteiger partial charge in [-0.3, -0.25) is 4.79 Å². The number of aromatic nitrogens is 1. The summed E-state index contributed by atoms with van der Waals surface area (Å²) >= 11 is 0. The largest absolute Gasteiger partial charge is 0.394 e. The molecule has 7 heteroatoms. The summed E-state index contributed by atoms with van der Waals surface area (Å²) in [5.41, 5.74) is 6.50. The van der Waals surface area contributed by atoms with E-state index in [9.17, 15) is 15.2 Å². The van der Waals surface area contributed by atoms with Gasteiger partial charge in [-0.15, -0.1) is 0 Å². The number of nitriles is 1. The van der Waals surface area contributed by atoms with Crippen LogP contribution in [0.1, 0.15) is 52.7 Å². The van der Waals surface area contributed by atoms with Gasteiger partial charge in [-0.05, 0) is 97.8 Å². The molecule has 3 aliphatic heterocycles. The summed E-state index contributed by atoms with van der Waals surface area (Å²) in [5, 5.41) is 20.5. The van der Waals surface area contributed by atoms with Crippen molar-refractivity contribution in [3.63, 3.8) is 0 Å². The molecule has 3 aliphatic rings. The Morgan fingerprint density at radius 3 is 2.44 bits per heavy atom. The van der Waals surface area contributed by atoms with Crippen molar-refractivity contribution in [1.29, 1.82) is 5.26 Å². The molecule has 0 spiro atoms. The van der Waals surface area contributed by atoms with Gasteiger partial charge in [0.2, 0.25) is 0 Å². The van der Waals surface area contributed by atoms with E-state index in [1.807, 2.05) is 48.5 Å². The van der Waals surface area contributed by atoms with Crippen LogP contribution in [0.25, 0.3) is 22.0 Å². The SMILES string of the molecule is N#Cc1ccc(-c2ccc3nc(N4Cc5ccccc5C[C@H]4CO)cc(C(=O)N4CCC[C@H]4CN4CCCC4)c3c2)cc1. The molecule has 0 saturated carbocycles. The van der Waals surface area contributed by atoms with Gasteiger partial charge >= 0.3 is 0 Å². The number of pyridine rings is 1. The predicted octanol–water partition coefficient (Wildman–Crippen LogP) is 5.40. The van der Waals surface area contributed by atoms with Crippen molar-refractivity contribution in [2.45, 2.75) is 50.7 Å². The molecule has 1 N–H and O–H groups in total.